The predicted molar refractivity (Wildman–Crippen MR) is 140 cm³/mol. The minimum absolute atomic E-state index is 0.0501. The summed E-state index contributed by atoms with van der Waals surface area (Å²) < 4.78 is 52.5. The Morgan fingerprint density at radius 2 is 1.79 bits per heavy atom. The molecule has 0 bridgehead atoms. The van der Waals surface area contributed by atoms with Crippen LogP contribution in [0.1, 0.15) is 62.3 Å². The number of aryl methyl sites for hydroxylation is 1. The maximum atomic E-state index is 13.9. The third-order valence-electron chi connectivity index (χ3n) is 6.51. The van der Waals surface area contributed by atoms with Gasteiger partial charge in [-0.1, -0.05) is 6.07 Å². The van der Waals surface area contributed by atoms with Gasteiger partial charge in [-0.2, -0.15) is 0 Å². The zero-order chi connectivity index (χ0) is 27.4. The summed E-state index contributed by atoms with van der Waals surface area (Å²) in [4.78, 5) is 8.70. The highest BCUT2D eigenvalue weighted by Crippen LogP contribution is 2.37. The Balaban J connectivity index is 1.78. The lowest BCUT2D eigenvalue weighted by molar-refractivity contribution is 0.00382. The number of ether oxygens (including phenoxy) is 4. The molecule has 3 atom stereocenters. The SMILES string of the molecule is COc1cccc(OC)c1-n1c(CS(=O)(=O)[C@H](C)[C@H](OC(C)C)c2cnc(C)cn2)nnc1[C@H]1CCOC1. The molecule has 38 heavy (non-hydrogen) atoms. The van der Waals surface area contributed by atoms with Crippen LogP contribution in [0, 0.1) is 6.92 Å². The van der Waals surface area contributed by atoms with Gasteiger partial charge in [0.25, 0.3) is 0 Å². The van der Waals surface area contributed by atoms with Crippen molar-refractivity contribution in [2.24, 2.45) is 0 Å². The van der Waals surface area contributed by atoms with Crippen LogP contribution in [-0.4, -0.2) is 71.9 Å². The molecule has 1 aromatic carbocycles. The molecule has 0 radical (unpaired) electrons. The van der Waals surface area contributed by atoms with E-state index in [1.54, 1.807) is 56.3 Å². The first kappa shape index (κ1) is 27.9. The van der Waals surface area contributed by atoms with Crippen LogP contribution in [-0.2, 0) is 25.1 Å². The highest BCUT2D eigenvalue weighted by molar-refractivity contribution is 7.91. The van der Waals surface area contributed by atoms with Gasteiger partial charge >= 0.3 is 0 Å². The van der Waals surface area contributed by atoms with Gasteiger partial charge in [0, 0.05) is 18.7 Å². The standard InChI is InChI=1S/C26H35N5O6S/c1-16(2)37-25(20-13-27-17(3)12-28-20)18(4)38(32,33)15-23-29-30-26(19-10-11-36-14-19)31(23)24-21(34-5)8-7-9-22(24)35-6/h7-9,12-13,16,18-19,25H,10-11,14-15H2,1-6H3/t18-,19+,25+/m1/s1. The number of hydrogen-bond donors (Lipinski definition) is 0. The Hall–Kier alpha value is -3.09. The molecule has 1 fully saturated rings. The van der Waals surface area contributed by atoms with Crippen molar-refractivity contribution in [1.29, 1.82) is 0 Å². The maximum Gasteiger partial charge on any atom is 0.163 e. The molecule has 3 heterocycles. The van der Waals surface area contributed by atoms with Crippen molar-refractivity contribution in [2.45, 2.75) is 63.2 Å². The molecule has 0 spiro atoms. The van der Waals surface area contributed by atoms with Crippen molar-refractivity contribution in [3.63, 3.8) is 0 Å². The third kappa shape index (κ3) is 5.82. The fourth-order valence-electron chi connectivity index (χ4n) is 4.49. The topological polar surface area (TPSA) is 128 Å². The molecular weight excluding hydrogens is 510 g/mol. The number of hydrogen-bond acceptors (Lipinski definition) is 10. The number of benzene rings is 1. The van der Waals surface area contributed by atoms with E-state index in [2.05, 4.69) is 20.2 Å². The summed E-state index contributed by atoms with van der Waals surface area (Å²) in [5.41, 5.74) is 1.73. The lowest BCUT2D eigenvalue weighted by atomic mass is 10.1. The van der Waals surface area contributed by atoms with E-state index in [0.717, 1.165) is 12.1 Å². The molecule has 0 unspecified atom stereocenters. The molecule has 0 saturated carbocycles. The van der Waals surface area contributed by atoms with Crippen molar-refractivity contribution < 1.29 is 27.4 Å². The summed E-state index contributed by atoms with van der Waals surface area (Å²) in [7, 11) is -0.722. The van der Waals surface area contributed by atoms with E-state index in [-0.39, 0.29) is 23.6 Å². The molecule has 12 heteroatoms. The van der Waals surface area contributed by atoms with Crippen LogP contribution in [0.2, 0.25) is 0 Å². The smallest absolute Gasteiger partial charge is 0.163 e. The first-order valence-corrected chi connectivity index (χ1v) is 14.3. The van der Waals surface area contributed by atoms with Gasteiger partial charge < -0.3 is 18.9 Å². The fraction of sp³-hybridized carbons (Fsp3) is 0.538. The zero-order valence-electron chi connectivity index (χ0n) is 22.6. The normalized spacial score (nSPS) is 17.5. The van der Waals surface area contributed by atoms with Gasteiger partial charge in [0.1, 0.15) is 34.9 Å². The number of methoxy groups -OCH3 is 2. The minimum atomic E-state index is -3.83. The monoisotopic (exact) mass is 545 g/mol. The van der Waals surface area contributed by atoms with E-state index < -0.39 is 21.2 Å². The molecule has 0 amide bonds. The lowest BCUT2D eigenvalue weighted by Gasteiger charge is -2.26. The highest BCUT2D eigenvalue weighted by atomic mass is 32.2. The Bertz CT molecular complexity index is 1310. The maximum absolute atomic E-state index is 13.9. The van der Waals surface area contributed by atoms with Gasteiger partial charge in [-0.15, -0.1) is 10.2 Å². The van der Waals surface area contributed by atoms with E-state index in [1.165, 1.54) is 0 Å². The van der Waals surface area contributed by atoms with Gasteiger partial charge in [-0.3, -0.25) is 14.5 Å². The largest absolute Gasteiger partial charge is 0.494 e. The summed E-state index contributed by atoms with van der Waals surface area (Å²) in [5.74, 6) is 1.43. The molecular formula is C26H35N5O6S. The molecule has 1 aliphatic heterocycles. The van der Waals surface area contributed by atoms with Gasteiger partial charge in [0.2, 0.25) is 0 Å². The molecule has 1 saturated heterocycles. The zero-order valence-corrected chi connectivity index (χ0v) is 23.4. The Kier molecular flexibility index (Phi) is 8.64. The number of rotatable bonds is 11. The number of aromatic nitrogens is 5. The van der Waals surface area contributed by atoms with E-state index in [9.17, 15) is 8.42 Å². The molecule has 0 aliphatic carbocycles. The van der Waals surface area contributed by atoms with Crippen molar-refractivity contribution in [2.75, 3.05) is 27.4 Å². The van der Waals surface area contributed by atoms with Gasteiger partial charge in [-0.05, 0) is 46.2 Å². The van der Waals surface area contributed by atoms with Gasteiger partial charge in [0.15, 0.2) is 15.7 Å². The Morgan fingerprint density at radius 3 is 2.34 bits per heavy atom. The summed E-state index contributed by atoms with van der Waals surface area (Å²) >= 11 is 0. The van der Waals surface area contributed by atoms with Crippen molar-refractivity contribution >= 4 is 9.84 Å². The predicted octanol–water partition coefficient (Wildman–Crippen LogP) is 3.36. The van der Waals surface area contributed by atoms with E-state index in [0.29, 0.717) is 41.9 Å². The average molecular weight is 546 g/mol. The molecule has 0 N–H and O–H groups in total. The van der Waals surface area contributed by atoms with Crippen LogP contribution in [0.25, 0.3) is 5.69 Å². The van der Waals surface area contributed by atoms with Crippen molar-refractivity contribution in [1.82, 2.24) is 24.7 Å². The quantitative estimate of drug-likeness (QED) is 0.354. The highest BCUT2D eigenvalue weighted by Gasteiger charge is 2.36. The van der Waals surface area contributed by atoms with Crippen LogP contribution < -0.4 is 9.47 Å². The first-order valence-electron chi connectivity index (χ1n) is 12.5. The summed E-state index contributed by atoms with van der Waals surface area (Å²) in [5, 5.41) is 7.85. The summed E-state index contributed by atoms with van der Waals surface area (Å²) in [6, 6.07) is 5.38. The van der Waals surface area contributed by atoms with Crippen LogP contribution in [0.4, 0.5) is 0 Å². The van der Waals surface area contributed by atoms with Crippen LogP contribution in [0.5, 0.6) is 11.5 Å². The van der Waals surface area contributed by atoms with Crippen LogP contribution in [0.15, 0.2) is 30.6 Å². The van der Waals surface area contributed by atoms with E-state index in [1.807, 2.05) is 20.8 Å². The van der Waals surface area contributed by atoms with E-state index >= 15 is 0 Å². The number of nitrogens with zero attached hydrogens (tertiary/aromatic N) is 5. The minimum Gasteiger partial charge on any atom is -0.494 e. The van der Waals surface area contributed by atoms with Gasteiger partial charge in [-0.25, -0.2) is 8.42 Å². The number of para-hydroxylation sites is 1. The van der Waals surface area contributed by atoms with E-state index in [4.69, 9.17) is 18.9 Å². The molecule has 3 aromatic rings. The van der Waals surface area contributed by atoms with Crippen LogP contribution >= 0.6 is 0 Å². The second kappa shape index (κ2) is 11.7. The Morgan fingerprint density at radius 1 is 1.08 bits per heavy atom. The number of sulfone groups is 1. The van der Waals surface area contributed by atoms with Crippen LogP contribution in [0.3, 0.4) is 0 Å². The van der Waals surface area contributed by atoms with Crippen molar-refractivity contribution in [3.05, 3.63) is 53.6 Å². The molecule has 2 aromatic heterocycles. The molecule has 11 nitrogen and oxygen atoms in total. The summed E-state index contributed by atoms with van der Waals surface area (Å²) in [6.45, 7) is 8.22. The molecule has 4 rings (SSSR count). The lowest BCUT2D eigenvalue weighted by Crippen LogP contribution is -2.31. The summed E-state index contributed by atoms with van der Waals surface area (Å²) in [6.07, 6.45) is 2.87. The second-order valence-corrected chi connectivity index (χ2v) is 11.9. The average Bonchev–Trinajstić information content (AvgIpc) is 3.56. The second-order valence-electron chi connectivity index (χ2n) is 9.58. The Labute approximate surface area is 223 Å². The molecule has 1 aliphatic rings. The molecule has 206 valence electrons. The van der Waals surface area contributed by atoms with Crippen molar-refractivity contribution in [3.8, 4) is 17.2 Å². The van der Waals surface area contributed by atoms with Gasteiger partial charge in [0.05, 0.1) is 49.8 Å². The fourth-order valence-corrected chi connectivity index (χ4v) is 5.88. The first-order chi connectivity index (χ1) is 18.2. The third-order valence-corrected chi connectivity index (χ3v) is 8.55.